The van der Waals surface area contributed by atoms with Crippen LogP contribution >= 0.6 is 11.3 Å². The summed E-state index contributed by atoms with van der Waals surface area (Å²) in [5.41, 5.74) is 0. The Morgan fingerprint density at radius 1 is 1.47 bits per heavy atom. The van der Waals surface area contributed by atoms with Crippen LogP contribution in [0.4, 0.5) is 0 Å². The number of rotatable bonds is 6. The number of carbonyl (C=O) groups is 3. The molecular formula is C12H16N2O4S. The second kappa shape index (κ2) is 6.89. The average molecular weight is 284 g/mol. The zero-order chi connectivity index (χ0) is 14.4. The van der Waals surface area contributed by atoms with Crippen molar-refractivity contribution < 1.29 is 19.5 Å². The van der Waals surface area contributed by atoms with Crippen molar-refractivity contribution in [2.45, 2.75) is 19.4 Å². The SMILES string of the molecule is CCC(C(=O)O)N(C)C(=O)CNC(=O)c1cccs1. The maximum absolute atomic E-state index is 11.8. The largest absolute Gasteiger partial charge is 0.480 e. The normalized spacial score (nSPS) is 11.7. The molecule has 19 heavy (non-hydrogen) atoms. The van der Waals surface area contributed by atoms with Crippen LogP contribution in [0.1, 0.15) is 23.0 Å². The third-order valence-electron chi connectivity index (χ3n) is 2.68. The minimum atomic E-state index is -1.05. The summed E-state index contributed by atoms with van der Waals surface area (Å²) < 4.78 is 0. The Balaban J connectivity index is 2.51. The summed E-state index contributed by atoms with van der Waals surface area (Å²) in [7, 11) is 1.42. The first-order chi connectivity index (χ1) is 8.97. The van der Waals surface area contributed by atoms with Crippen molar-refractivity contribution >= 4 is 29.1 Å². The first-order valence-electron chi connectivity index (χ1n) is 5.77. The molecule has 0 aliphatic carbocycles. The zero-order valence-corrected chi connectivity index (χ0v) is 11.6. The molecular weight excluding hydrogens is 268 g/mol. The number of amides is 2. The minimum Gasteiger partial charge on any atom is -0.480 e. The fourth-order valence-corrected chi connectivity index (χ4v) is 2.20. The Bertz CT molecular complexity index is 458. The molecule has 0 aromatic carbocycles. The number of nitrogens with one attached hydrogen (secondary N) is 1. The molecule has 2 amide bonds. The van der Waals surface area contributed by atoms with Gasteiger partial charge >= 0.3 is 5.97 Å². The van der Waals surface area contributed by atoms with Crippen LogP contribution in [0, 0.1) is 0 Å². The molecule has 0 saturated carbocycles. The third kappa shape index (κ3) is 4.06. The maximum atomic E-state index is 11.8. The summed E-state index contributed by atoms with van der Waals surface area (Å²) in [6, 6.07) is 2.52. The first-order valence-corrected chi connectivity index (χ1v) is 6.65. The minimum absolute atomic E-state index is 0.211. The lowest BCUT2D eigenvalue weighted by molar-refractivity contribution is -0.148. The Morgan fingerprint density at radius 2 is 2.16 bits per heavy atom. The van der Waals surface area contributed by atoms with Gasteiger partial charge in [-0.15, -0.1) is 11.3 Å². The average Bonchev–Trinajstić information content (AvgIpc) is 2.89. The maximum Gasteiger partial charge on any atom is 0.326 e. The zero-order valence-electron chi connectivity index (χ0n) is 10.8. The topological polar surface area (TPSA) is 86.7 Å². The van der Waals surface area contributed by atoms with Crippen LogP contribution in [0.15, 0.2) is 17.5 Å². The van der Waals surface area contributed by atoms with Crippen LogP contribution in [0.5, 0.6) is 0 Å². The second-order valence-corrected chi connectivity index (χ2v) is 4.87. The third-order valence-corrected chi connectivity index (χ3v) is 3.55. The predicted molar refractivity (Wildman–Crippen MR) is 71.1 cm³/mol. The molecule has 7 heteroatoms. The van der Waals surface area contributed by atoms with Crippen LogP contribution < -0.4 is 5.32 Å². The summed E-state index contributed by atoms with van der Waals surface area (Å²) in [6.07, 6.45) is 0.316. The highest BCUT2D eigenvalue weighted by atomic mass is 32.1. The number of carbonyl (C=O) groups excluding carboxylic acids is 2. The van der Waals surface area contributed by atoms with Gasteiger partial charge in [-0.05, 0) is 17.9 Å². The first kappa shape index (κ1) is 15.2. The van der Waals surface area contributed by atoms with Crippen molar-refractivity contribution in [3.63, 3.8) is 0 Å². The van der Waals surface area contributed by atoms with Gasteiger partial charge in [-0.3, -0.25) is 9.59 Å². The second-order valence-electron chi connectivity index (χ2n) is 3.93. The van der Waals surface area contributed by atoms with E-state index in [0.29, 0.717) is 11.3 Å². The van der Waals surface area contributed by atoms with Crippen LogP contribution in [0.25, 0.3) is 0 Å². The Morgan fingerprint density at radius 3 is 2.63 bits per heavy atom. The van der Waals surface area contributed by atoms with Gasteiger partial charge < -0.3 is 15.3 Å². The summed E-state index contributed by atoms with van der Waals surface area (Å²) in [4.78, 5) is 36.0. The number of aliphatic carboxylic acids is 1. The molecule has 6 nitrogen and oxygen atoms in total. The molecule has 0 radical (unpaired) electrons. The molecule has 0 bridgehead atoms. The number of hydrogen-bond acceptors (Lipinski definition) is 4. The lowest BCUT2D eigenvalue weighted by Crippen LogP contribution is -2.46. The summed E-state index contributed by atoms with van der Waals surface area (Å²) in [6.45, 7) is 1.48. The quantitative estimate of drug-likeness (QED) is 0.809. The van der Waals surface area contributed by atoms with E-state index in [1.807, 2.05) is 0 Å². The number of hydrogen-bond donors (Lipinski definition) is 2. The standard InChI is InChI=1S/C12H16N2O4S/c1-3-8(12(17)18)14(2)10(15)7-13-11(16)9-5-4-6-19-9/h4-6,8H,3,7H2,1-2H3,(H,13,16)(H,17,18). The monoisotopic (exact) mass is 284 g/mol. The molecule has 104 valence electrons. The molecule has 1 atom stereocenters. The van der Waals surface area contributed by atoms with Crippen molar-refractivity contribution in [2.24, 2.45) is 0 Å². The van der Waals surface area contributed by atoms with Crippen molar-refractivity contribution in [3.8, 4) is 0 Å². The van der Waals surface area contributed by atoms with Crippen molar-refractivity contribution in [3.05, 3.63) is 22.4 Å². The van der Waals surface area contributed by atoms with Crippen LogP contribution in [-0.2, 0) is 9.59 Å². The predicted octanol–water partition coefficient (Wildman–Crippen LogP) is 0.800. The Hall–Kier alpha value is -1.89. The highest BCUT2D eigenvalue weighted by Crippen LogP contribution is 2.07. The molecule has 2 N–H and O–H groups in total. The van der Waals surface area contributed by atoms with E-state index in [4.69, 9.17) is 5.11 Å². The van der Waals surface area contributed by atoms with E-state index in [9.17, 15) is 14.4 Å². The van der Waals surface area contributed by atoms with Gasteiger partial charge in [-0.25, -0.2) is 4.79 Å². The molecule has 0 aliphatic rings. The highest BCUT2D eigenvalue weighted by Gasteiger charge is 2.24. The van der Waals surface area contributed by atoms with Gasteiger partial charge in [0.2, 0.25) is 5.91 Å². The van der Waals surface area contributed by atoms with E-state index in [2.05, 4.69) is 5.32 Å². The van der Waals surface area contributed by atoms with Gasteiger partial charge in [0.05, 0.1) is 11.4 Å². The van der Waals surface area contributed by atoms with E-state index < -0.39 is 17.9 Å². The Labute approximate surface area is 115 Å². The van der Waals surface area contributed by atoms with E-state index >= 15 is 0 Å². The number of carboxylic acids is 1. The van der Waals surface area contributed by atoms with E-state index in [1.165, 1.54) is 18.4 Å². The molecule has 0 fully saturated rings. The van der Waals surface area contributed by atoms with Gasteiger partial charge in [0.25, 0.3) is 5.91 Å². The van der Waals surface area contributed by atoms with Gasteiger partial charge in [-0.2, -0.15) is 0 Å². The number of nitrogens with zero attached hydrogens (tertiary/aromatic N) is 1. The summed E-state index contributed by atoms with van der Waals surface area (Å²) >= 11 is 1.28. The van der Waals surface area contributed by atoms with Gasteiger partial charge in [0.1, 0.15) is 6.04 Å². The smallest absolute Gasteiger partial charge is 0.326 e. The van der Waals surface area contributed by atoms with Crippen LogP contribution in [0.3, 0.4) is 0 Å². The molecule has 0 spiro atoms. The van der Waals surface area contributed by atoms with Crippen LogP contribution in [0.2, 0.25) is 0 Å². The molecule has 0 saturated heterocycles. The Kier molecular flexibility index (Phi) is 5.50. The summed E-state index contributed by atoms with van der Waals surface area (Å²) in [5.74, 6) is -1.82. The van der Waals surface area contributed by atoms with E-state index in [1.54, 1.807) is 24.4 Å². The molecule has 1 aromatic rings. The highest BCUT2D eigenvalue weighted by molar-refractivity contribution is 7.12. The lowest BCUT2D eigenvalue weighted by Gasteiger charge is -2.23. The molecule has 1 aromatic heterocycles. The van der Waals surface area contributed by atoms with Gasteiger partial charge in [0.15, 0.2) is 0 Å². The van der Waals surface area contributed by atoms with Crippen molar-refractivity contribution in [1.29, 1.82) is 0 Å². The fourth-order valence-electron chi connectivity index (χ4n) is 1.56. The molecule has 1 unspecified atom stereocenters. The van der Waals surface area contributed by atoms with E-state index in [-0.39, 0.29) is 12.5 Å². The lowest BCUT2D eigenvalue weighted by atomic mass is 10.2. The molecule has 1 rings (SSSR count). The molecule has 1 heterocycles. The number of thiophene rings is 1. The fraction of sp³-hybridized carbons (Fsp3) is 0.417. The number of carboxylic acid groups (broad SMARTS) is 1. The van der Waals surface area contributed by atoms with E-state index in [0.717, 1.165) is 4.90 Å². The number of likely N-dealkylation sites (N-methyl/N-ethyl adjacent to an activating group) is 1. The van der Waals surface area contributed by atoms with Gasteiger partial charge in [-0.1, -0.05) is 13.0 Å². The molecule has 0 aliphatic heterocycles. The summed E-state index contributed by atoms with van der Waals surface area (Å²) in [5, 5.41) is 13.2. The van der Waals surface area contributed by atoms with Crippen molar-refractivity contribution in [2.75, 3.05) is 13.6 Å². The van der Waals surface area contributed by atoms with Crippen LogP contribution in [-0.4, -0.2) is 47.4 Å². The van der Waals surface area contributed by atoms with Gasteiger partial charge in [0, 0.05) is 7.05 Å². The van der Waals surface area contributed by atoms with Crippen molar-refractivity contribution in [1.82, 2.24) is 10.2 Å².